The lowest BCUT2D eigenvalue weighted by Crippen LogP contribution is -2.20. The van der Waals surface area contributed by atoms with E-state index in [-0.39, 0.29) is 6.04 Å². The van der Waals surface area contributed by atoms with E-state index in [0.717, 1.165) is 17.4 Å². The molecular weight excluding hydrogens is 260 g/mol. The van der Waals surface area contributed by atoms with Crippen molar-refractivity contribution >= 4 is 0 Å². The summed E-state index contributed by atoms with van der Waals surface area (Å²) < 4.78 is 32.1. The van der Waals surface area contributed by atoms with Gasteiger partial charge in [-0.3, -0.25) is 0 Å². The molecule has 0 aromatic heterocycles. The van der Waals surface area contributed by atoms with Crippen molar-refractivity contribution in [3.63, 3.8) is 0 Å². The molecule has 0 spiro atoms. The summed E-state index contributed by atoms with van der Waals surface area (Å²) in [5.74, 6) is -0.354. The highest BCUT2D eigenvalue weighted by molar-refractivity contribution is 5.35. The molecular formula is C16H17F2NO. The Morgan fingerprint density at radius 2 is 1.90 bits per heavy atom. The third kappa shape index (κ3) is 3.14. The molecule has 1 N–H and O–H groups in total. The van der Waals surface area contributed by atoms with Crippen molar-refractivity contribution in [2.24, 2.45) is 0 Å². The average molecular weight is 277 g/mol. The van der Waals surface area contributed by atoms with Crippen LogP contribution in [0.3, 0.4) is 0 Å². The van der Waals surface area contributed by atoms with Crippen LogP contribution in [0.4, 0.5) is 8.78 Å². The maximum atomic E-state index is 13.9. The van der Waals surface area contributed by atoms with E-state index in [4.69, 9.17) is 4.74 Å². The van der Waals surface area contributed by atoms with E-state index in [2.05, 4.69) is 5.32 Å². The van der Waals surface area contributed by atoms with Gasteiger partial charge in [0.05, 0.1) is 7.11 Å². The topological polar surface area (TPSA) is 21.3 Å². The Bertz CT molecular complexity index is 586. The van der Waals surface area contributed by atoms with Gasteiger partial charge in [-0.15, -0.1) is 0 Å². The Kier molecular flexibility index (Phi) is 4.69. The Morgan fingerprint density at radius 1 is 1.15 bits per heavy atom. The third-order valence-electron chi connectivity index (χ3n) is 3.30. The fourth-order valence-corrected chi connectivity index (χ4v) is 2.24. The second kappa shape index (κ2) is 6.48. The normalized spacial score (nSPS) is 12.2. The molecule has 1 unspecified atom stereocenters. The van der Waals surface area contributed by atoms with E-state index in [9.17, 15) is 8.78 Å². The fraction of sp³-hybridized carbons (Fsp3) is 0.250. The molecule has 0 amide bonds. The lowest BCUT2D eigenvalue weighted by molar-refractivity contribution is 0.405. The zero-order valence-corrected chi connectivity index (χ0v) is 11.5. The number of benzene rings is 2. The van der Waals surface area contributed by atoms with E-state index in [1.54, 1.807) is 14.2 Å². The van der Waals surface area contributed by atoms with Gasteiger partial charge in [-0.2, -0.15) is 0 Å². The highest BCUT2D eigenvalue weighted by Crippen LogP contribution is 2.26. The van der Waals surface area contributed by atoms with Crippen LogP contribution in [0.2, 0.25) is 0 Å². The molecule has 0 radical (unpaired) electrons. The van der Waals surface area contributed by atoms with Crippen molar-refractivity contribution in [2.45, 2.75) is 12.5 Å². The van der Waals surface area contributed by atoms with Crippen molar-refractivity contribution in [3.05, 3.63) is 65.2 Å². The highest BCUT2D eigenvalue weighted by Gasteiger charge is 2.16. The summed E-state index contributed by atoms with van der Waals surface area (Å²) in [6.45, 7) is 0. The first-order valence-electron chi connectivity index (χ1n) is 6.39. The van der Waals surface area contributed by atoms with Crippen LogP contribution in [-0.4, -0.2) is 14.2 Å². The molecule has 4 heteroatoms. The molecule has 0 saturated heterocycles. The number of hydrogen-bond acceptors (Lipinski definition) is 2. The summed E-state index contributed by atoms with van der Waals surface area (Å²) in [5.41, 5.74) is 1.41. The van der Waals surface area contributed by atoms with Crippen molar-refractivity contribution in [1.82, 2.24) is 5.32 Å². The predicted molar refractivity (Wildman–Crippen MR) is 74.9 cm³/mol. The summed E-state index contributed by atoms with van der Waals surface area (Å²) in [4.78, 5) is 0. The molecule has 2 aromatic rings. The van der Waals surface area contributed by atoms with Gasteiger partial charge < -0.3 is 10.1 Å². The largest absolute Gasteiger partial charge is 0.496 e. The van der Waals surface area contributed by atoms with Gasteiger partial charge >= 0.3 is 0 Å². The summed E-state index contributed by atoms with van der Waals surface area (Å²) in [7, 11) is 3.36. The first kappa shape index (κ1) is 14.5. The molecule has 0 heterocycles. The van der Waals surface area contributed by atoms with E-state index in [1.807, 2.05) is 24.3 Å². The van der Waals surface area contributed by atoms with Crippen LogP contribution in [-0.2, 0) is 6.42 Å². The number of para-hydroxylation sites is 1. The molecule has 0 fully saturated rings. The number of rotatable bonds is 5. The van der Waals surface area contributed by atoms with Crippen molar-refractivity contribution in [2.75, 3.05) is 14.2 Å². The third-order valence-corrected chi connectivity index (χ3v) is 3.30. The smallest absolute Gasteiger partial charge is 0.130 e. The van der Waals surface area contributed by atoms with E-state index < -0.39 is 11.6 Å². The number of hydrogen-bond donors (Lipinski definition) is 1. The number of halogens is 2. The summed E-state index contributed by atoms with van der Waals surface area (Å²) in [6.07, 6.45) is 0.559. The van der Waals surface area contributed by atoms with Gasteiger partial charge in [0.15, 0.2) is 0 Å². The second-order valence-electron chi connectivity index (χ2n) is 4.52. The molecule has 1 atom stereocenters. The second-order valence-corrected chi connectivity index (χ2v) is 4.52. The molecule has 20 heavy (non-hydrogen) atoms. The standard InChI is InChI=1S/C16H17F2NO/c1-19-15(13-8-7-12(17)10-14(13)18)9-11-5-3-4-6-16(11)20-2/h3-8,10,15,19H,9H2,1-2H3. The Hall–Kier alpha value is -1.94. The molecule has 106 valence electrons. The molecule has 2 nitrogen and oxygen atoms in total. The van der Waals surface area contributed by atoms with E-state index >= 15 is 0 Å². The van der Waals surface area contributed by atoms with Crippen LogP contribution in [0.15, 0.2) is 42.5 Å². The predicted octanol–water partition coefficient (Wildman–Crippen LogP) is 3.48. The van der Waals surface area contributed by atoms with Gasteiger partial charge in [-0.05, 0) is 31.2 Å². The highest BCUT2D eigenvalue weighted by atomic mass is 19.1. The first-order valence-corrected chi connectivity index (χ1v) is 6.39. The fourth-order valence-electron chi connectivity index (χ4n) is 2.24. The summed E-state index contributed by atoms with van der Waals surface area (Å²) in [6, 6.07) is 11.0. The minimum atomic E-state index is -0.571. The number of ether oxygens (including phenoxy) is 1. The van der Waals surface area contributed by atoms with Crippen LogP contribution in [0.1, 0.15) is 17.2 Å². The average Bonchev–Trinajstić information content (AvgIpc) is 2.46. The first-order chi connectivity index (χ1) is 9.65. The van der Waals surface area contributed by atoms with E-state index in [0.29, 0.717) is 12.0 Å². The van der Waals surface area contributed by atoms with Crippen molar-refractivity contribution < 1.29 is 13.5 Å². The number of methoxy groups -OCH3 is 1. The molecule has 0 aliphatic carbocycles. The zero-order chi connectivity index (χ0) is 14.5. The van der Waals surface area contributed by atoms with Crippen molar-refractivity contribution in [3.8, 4) is 5.75 Å². The molecule has 0 aliphatic rings. The van der Waals surface area contributed by atoms with Gasteiger partial charge in [-0.1, -0.05) is 24.3 Å². The van der Waals surface area contributed by atoms with Gasteiger partial charge in [0, 0.05) is 17.7 Å². The minimum absolute atomic E-state index is 0.244. The molecule has 2 aromatic carbocycles. The summed E-state index contributed by atoms with van der Waals surface area (Å²) in [5, 5.41) is 3.06. The maximum Gasteiger partial charge on any atom is 0.130 e. The van der Waals surface area contributed by atoms with Crippen LogP contribution in [0.5, 0.6) is 5.75 Å². The lowest BCUT2D eigenvalue weighted by atomic mass is 9.98. The maximum absolute atomic E-state index is 13.9. The molecule has 0 saturated carbocycles. The summed E-state index contributed by atoms with van der Waals surface area (Å²) >= 11 is 0. The van der Waals surface area contributed by atoms with Crippen LogP contribution >= 0.6 is 0 Å². The van der Waals surface area contributed by atoms with Crippen molar-refractivity contribution in [1.29, 1.82) is 0 Å². The van der Waals surface area contributed by atoms with E-state index in [1.165, 1.54) is 12.1 Å². The zero-order valence-electron chi connectivity index (χ0n) is 11.5. The molecule has 0 aliphatic heterocycles. The number of likely N-dealkylation sites (N-methyl/N-ethyl adjacent to an activating group) is 1. The van der Waals surface area contributed by atoms with Gasteiger partial charge in [0.2, 0.25) is 0 Å². The minimum Gasteiger partial charge on any atom is -0.496 e. The SMILES string of the molecule is CNC(Cc1ccccc1OC)c1ccc(F)cc1F. The Labute approximate surface area is 117 Å². The van der Waals surface area contributed by atoms with Gasteiger partial charge in [0.1, 0.15) is 17.4 Å². The monoisotopic (exact) mass is 277 g/mol. The van der Waals surface area contributed by atoms with Gasteiger partial charge in [-0.25, -0.2) is 8.78 Å². The molecule has 0 bridgehead atoms. The Morgan fingerprint density at radius 3 is 2.55 bits per heavy atom. The molecule has 2 rings (SSSR count). The lowest BCUT2D eigenvalue weighted by Gasteiger charge is -2.19. The van der Waals surface area contributed by atoms with Crippen LogP contribution < -0.4 is 10.1 Å². The Balaban J connectivity index is 2.29. The number of nitrogens with one attached hydrogen (secondary N) is 1. The van der Waals surface area contributed by atoms with Gasteiger partial charge in [0.25, 0.3) is 0 Å². The van der Waals surface area contributed by atoms with Crippen LogP contribution in [0, 0.1) is 11.6 Å². The quantitative estimate of drug-likeness (QED) is 0.903. The van der Waals surface area contributed by atoms with Crippen LogP contribution in [0.25, 0.3) is 0 Å².